The van der Waals surface area contributed by atoms with Crippen LogP contribution in [0.15, 0.2) is 48.5 Å². The maximum absolute atomic E-state index is 12.4. The van der Waals surface area contributed by atoms with E-state index in [4.69, 9.17) is 16.3 Å². The van der Waals surface area contributed by atoms with Crippen LogP contribution in [0.25, 0.3) is 0 Å². The van der Waals surface area contributed by atoms with E-state index in [0.29, 0.717) is 11.6 Å². The summed E-state index contributed by atoms with van der Waals surface area (Å²) in [5.41, 5.74) is 2.70. The Morgan fingerprint density at radius 2 is 1.86 bits per heavy atom. The summed E-state index contributed by atoms with van der Waals surface area (Å²) in [5, 5.41) is 3.28. The molecule has 0 radical (unpaired) electrons. The number of hydrogen-bond donors (Lipinski definition) is 1. The van der Waals surface area contributed by atoms with E-state index in [2.05, 4.69) is 5.32 Å². The smallest absolute Gasteiger partial charge is 0.308 e. The highest BCUT2D eigenvalue weighted by Crippen LogP contribution is 2.27. The molecule has 2 aromatic carbocycles. The summed E-state index contributed by atoms with van der Waals surface area (Å²) in [4.78, 5) is 37.8. The van der Waals surface area contributed by atoms with Crippen LogP contribution >= 0.6 is 11.6 Å². The number of ether oxygens (including phenoxy) is 1. The first-order valence-electron chi connectivity index (χ1n) is 9.00. The molecule has 0 aromatic heterocycles. The Balaban J connectivity index is 1.58. The lowest BCUT2D eigenvalue weighted by molar-refractivity contribution is -0.148. The van der Waals surface area contributed by atoms with Crippen LogP contribution in [0.4, 0.5) is 5.69 Å². The maximum atomic E-state index is 12.4. The number of hydrogen-bond acceptors (Lipinski definition) is 4. The molecule has 146 valence electrons. The number of esters is 1. The van der Waals surface area contributed by atoms with E-state index >= 15 is 0 Å². The lowest BCUT2D eigenvalue weighted by Gasteiger charge is -2.19. The van der Waals surface area contributed by atoms with Gasteiger partial charge in [0, 0.05) is 24.2 Å². The van der Waals surface area contributed by atoms with Crippen molar-refractivity contribution >= 4 is 35.1 Å². The number of nitrogens with one attached hydrogen (secondary N) is 1. The molecule has 7 heteroatoms. The van der Waals surface area contributed by atoms with Crippen molar-refractivity contribution < 1.29 is 19.1 Å². The molecule has 1 unspecified atom stereocenters. The van der Waals surface area contributed by atoms with Gasteiger partial charge in [-0.05, 0) is 35.7 Å². The standard InChI is InChI=1S/C21H21ClN2O4/c1-14(25)23-18(15-6-8-17(22)9-7-15)12-21(27)28-13-20(26)24-11-10-16-4-2-3-5-19(16)24/h2-9,18H,10-13H2,1H3,(H,23,25). The van der Waals surface area contributed by atoms with E-state index in [-0.39, 0.29) is 24.8 Å². The first kappa shape index (κ1) is 19.9. The van der Waals surface area contributed by atoms with Crippen molar-refractivity contribution in [1.29, 1.82) is 0 Å². The molecular weight excluding hydrogens is 380 g/mol. The molecule has 0 aliphatic carbocycles. The third-order valence-electron chi connectivity index (χ3n) is 4.57. The number of nitrogens with zero attached hydrogens (tertiary/aromatic N) is 1. The van der Waals surface area contributed by atoms with Crippen LogP contribution in [-0.4, -0.2) is 30.9 Å². The Morgan fingerprint density at radius 3 is 2.57 bits per heavy atom. The van der Waals surface area contributed by atoms with E-state index < -0.39 is 12.0 Å². The molecular formula is C21H21ClN2O4. The molecule has 0 saturated heterocycles. The summed E-state index contributed by atoms with van der Waals surface area (Å²) >= 11 is 5.89. The van der Waals surface area contributed by atoms with Gasteiger partial charge in [0.05, 0.1) is 12.5 Å². The number of halogens is 1. The van der Waals surface area contributed by atoms with Crippen molar-refractivity contribution in [3.8, 4) is 0 Å². The number of carbonyl (C=O) groups is 3. The van der Waals surface area contributed by atoms with Gasteiger partial charge in [-0.1, -0.05) is 41.9 Å². The van der Waals surface area contributed by atoms with Crippen molar-refractivity contribution in [3.05, 3.63) is 64.7 Å². The molecule has 6 nitrogen and oxygen atoms in total. The van der Waals surface area contributed by atoms with Gasteiger partial charge < -0.3 is 15.0 Å². The molecule has 28 heavy (non-hydrogen) atoms. The Bertz CT molecular complexity index is 882. The number of benzene rings is 2. The monoisotopic (exact) mass is 400 g/mol. The average Bonchev–Trinajstić information content (AvgIpc) is 3.10. The van der Waals surface area contributed by atoms with Gasteiger partial charge in [0.15, 0.2) is 6.61 Å². The van der Waals surface area contributed by atoms with Crippen LogP contribution in [-0.2, 0) is 25.5 Å². The van der Waals surface area contributed by atoms with Gasteiger partial charge in [0.2, 0.25) is 5.91 Å². The van der Waals surface area contributed by atoms with Gasteiger partial charge in [-0.25, -0.2) is 0 Å². The van der Waals surface area contributed by atoms with Crippen LogP contribution in [0, 0.1) is 0 Å². The molecule has 2 amide bonds. The van der Waals surface area contributed by atoms with E-state index in [1.165, 1.54) is 6.92 Å². The second-order valence-corrected chi connectivity index (χ2v) is 7.03. The minimum Gasteiger partial charge on any atom is -0.455 e. The second kappa shape index (κ2) is 8.89. The number of rotatable bonds is 6. The molecule has 2 aromatic rings. The van der Waals surface area contributed by atoms with Crippen LogP contribution in [0.5, 0.6) is 0 Å². The number of amides is 2. The molecule has 0 saturated carbocycles. The molecule has 0 fully saturated rings. The summed E-state index contributed by atoms with van der Waals surface area (Å²) in [5.74, 6) is -1.09. The van der Waals surface area contributed by atoms with Gasteiger partial charge in [-0.3, -0.25) is 14.4 Å². The Labute approximate surface area is 168 Å². The van der Waals surface area contributed by atoms with Gasteiger partial charge in [-0.2, -0.15) is 0 Å². The topological polar surface area (TPSA) is 75.7 Å². The van der Waals surface area contributed by atoms with Crippen molar-refractivity contribution in [3.63, 3.8) is 0 Å². The summed E-state index contributed by atoms with van der Waals surface area (Å²) in [6.07, 6.45) is 0.710. The van der Waals surface area contributed by atoms with Gasteiger partial charge in [-0.15, -0.1) is 0 Å². The number of fused-ring (bicyclic) bond motifs is 1. The fourth-order valence-electron chi connectivity index (χ4n) is 3.24. The Hall–Kier alpha value is -2.86. The quantitative estimate of drug-likeness (QED) is 0.756. The third-order valence-corrected chi connectivity index (χ3v) is 4.82. The largest absolute Gasteiger partial charge is 0.455 e. The molecule has 1 aliphatic rings. The van der Waals surface area contributed by atoms with E-state index in [1.54, 1.807) is 29.2 Å². The maximum Gasteiger partial charge on any atom is 0.308 e. The summed E-state index contributed by atoms with van der Waals surface area (Å²) in [7, 11) is 0. The molecule has 3 rings (SSSR count). The SMILES string of the molecule is CC(=O)NC(CC(=O)OCC(=O)N1CCc2ccccc21)c1ccc(Cl)cc1. The van der Waals surface area contributed by atoms with Gasteiger partial charge >= 0.3 is 5.97 Å². The van der Waals surface area contributed by atoms with Gasteiger partial charge in [0.1, 0.15) is 0 Å². The zero-order chi connectivity index (χ0) is 20.1. The molecule has 1 N–H and O–H groups in total. The van der Waals surface area contributed by atoms with E-state index in [0.717, 1.165) is 23.2 Å². The first-order valence-corrected chi connectivity index (χ1v) is 9.38. The zero-order valence-corrected chi connectivity index (χ0v) is 16.2. The normalized spacial score (nSPS) is 13.6. The summed E-state index contributed by atoms with van der Waals surface area (Å²) < 4.78 is 5.18. The Kier molecular flexibility index (Phi) is 6.31. The molecule has 1 atom stereocenters. The van der Waals surface area contributed by atoms with Gasteiger partial charge in [0.25, 0.3) is 5.91 Å². The van der Waals surface area contributed by atoms with Crippen molar-refractivity contribution in [1.82, 2.24) is 5.32 Å². The highest BCUT2D eigenvalue weighted by molar-refractivity contribution is 6.30. The predicted octanol–water partition coefficient (Wildman–Crippen LogP) is 3.04. The third kappa shape index (κ3) is 4.89. The number of para-hydroxylation sites is 1. The lowest BCUT2D eigenvalue weighted by atomic mass is 10.0. The summed E-state index contributed by atoms with van der Waals surface area (Å²) in [6.45, 7) is 1.62. The first-order chi connectivity index (χ1) is 13.4. The molecule has 0 bridgehead atoms. The van der Waals surface area contributed by atoms with E-state index in [1.807, 2.05) is 24.3 Å². The zero-order valence-electron chi connectivity index (χ0n) is 15.5. The minimum absolute atomic E-state index is 0.0783. The summed E-state index contributed by atoms with van der Waals surface area (Å²) in [6, 6.07) is 14.0. The predicted molar refractivity (Wildman–Crippen MR) is 106 cm³/mol. The van der Waals surface area contributed by atoms with Crippen LogP contribution in [0.2, 0.25) is 5.02 Å². The molecule has 0 spiro atoms. The van der Waals surface area contributed by atoms with Crippen molar-refractivity contribution in [2.24, 2.45) is 0 Å². The number of anilines is 1. The highest BCUT2D eigenvalue weighted by atomic mass is 35.5. The van der Waals surface area contributed by atoms with E-state index in [9.17, 15) is 14.4 Å². The minimum atomic E-state index is -0.561. The average molecular weight is 401 g/mol. The number of carbonyl (C=O) groups excluding carboxylic acids is 3. The second-order valence-electron chi connectivity index (χ2n) is 6.59. The highest BCUT2D eigenvalue weighted by Gasteiger charge is 2.25. The van der Waals surface area contributed by atoms with Crippen LogP contribution < -0.4 is 10.2 Å². The lowest BCUT2D eigenvalue weighted by Crippen LogP contribution is -2.34. The van der Waals surface area contributed by atoms with Crippen LogP contribution in [0.1, 0.15) is 30.5 Å². The van der Waals surface area contributed by atoms with Crippen LogP contribution in [0.3, 0.4) is 0 Å². The Morgan fingerprint density at radius 1 is 1.14 bits per heavy atom. The van der Waals surface area contributed by atoms with Crippen molar-refractivity contribution in [2.45, 2.75) is 25.8 Å². The van der Waals surface area contributed by atoms with Crippen molar-refractivity contribution in [2.75, 3.05) is 18.1 Å². The molecule has 1 heterocycles. The fourth-order valence-corrected chi connectivity index (χ4v) is 3.36. The molecule has 1 aliphatic heterocycles. The fraction of sp³-hybridized carbons (Fsp3) is 0.286.